The van der Waals surface area contributed by atoms with Crippen molar-refractivity contribution in [3.05, 3.63) is 0 Å². The Morgan fingerprint density at radius 2 is 1.77 bits per heavy atom. The molecule has 22 heavy (non-hydrogen) atoms. The Morgan fingerprint density at radius 1 is 1.23 bits per heavy atom. The Labute approximate surface area is 129 Å². The predicted molar refractivity (Wildman–Crippen MR) is 75.2 cm³/mol. The molecule has 0 radical (unpaired) electrons. The molecule has 1 fully saturated rings. The van der Waals surface area contributed by atoms with Crippen LogP contribution in [0.2, 0.25) is 0 Å². The lowest BCUT2D eigenvalue weighted by Crippen LogP contribution is -2.46. The van der Waals surface area contributed by atoms with Gasteiger partial charge in [-0.3, -0.25) is 9.59 Å². The van der Waals surface area contributed by atoms with Crippen LogP contribution in [0, 0.1) is 0 Å². The van der Waals surface area contributed by atoms with Crippen molar-refractivity contribution in [3.8, 4) is 0 Å². The first-order chi connectivity index (χ1) is 10.1. The van der Waals surface area contributed by atoms with Crippen molar-refractivity contribution < 1.29 is 28.8 Å². The van der Waals surface area contributed by atoms with Crippen LogP contribution in [0.1, 0.15) is 53.4 Å². The molecule has 1 rings (SSSR count). The molecule has 0 aromatic rings. The number of alkyl carbamates (subject to hydrolysis) is 1. The lowest BCUT2D eigenvalue weighted by atomic mass is 10.2. The Morgan fingerprint density at radius 3 is 2.23 bits per heavy atom. The van der Waals surface area contributed by atoms with Crippen molar-refractivity contribution in [2.45, 2.75) is 65.0 Å². The first-order valence-electron chi connectivity index (χ1n) is 7.21. The number of ether oxygens (including phenoxy) is 1. The highest BCUT2D eigenvalue weighted by Gasteiger charge is 2.35. The van der Waals surface area contributed by atoms with Gasteiger partial charge < -0.3 is 14.9 Å². The molecule has 0 aromatic heterocycles. The molecular weight excluding hydrogens is 292 g/mol. The van der Waals surface area contributed by atoms with Gasteiger partial charge >= 0.3 is 12.1 Å². The summed E-state index contributed by atoms with van der Waals surface area (Å²) in [5.74, 6) is -1.99. The number of carbonyl (C=O) groups excluding carboxylic acids is 4. The molecule has 0 spiro atoms. The van der Waals surface area contributed by atoms with Crippen LogP contribution < -0.4 is 5.32 Å². The Balaban J connectivity index is 2.65. The summed E-state index contributed by atoms with van der Waals surface area (Å²) in [6.07, 6.45) is 0.168. The molecule has 0 bridgehead atoms. The molecule has 124 valence electrons. The van der Waals surface area contributed by atoms with Crippen molar-refractivity contribution in [1.29, 1.82) is 0 Å². The third-order valence-corrected chi connectivity index (χ3v) is 2.74. The summed E-state index contributed by atoms with van der Waals surface area (Å²) < 4.78 is 5.07. The van der Waals surface area contributed by atoms with Gasteiger partial charge in [0, 0.05) is 12.8 Å². The second-order valence-electron chi connectivity index (χ2n) is 5.98. The highest BCUT2D eigenvalue weighted by molar-refractivity contribution is 6.01. The maximum absolute atomic E-state index is 12.0. The molecule has 1 heterocycles. The number of imide groups is 1. The number of carbonyl (C=O) groups is 4. The summed E-state index contributed by atoms with van der Waals surface area (Å²) in [4.78, 5) is 51.4. The van der Waals surface area contributed by atoms with Gasteiger partial charge in [0.15, 0.2) is 0 Å². The predicted octanol–water partition coefficient (Wildman–Crippen LogP) is 1.29. The average Bonchev–Trinajstić information content (AvgIpc) is 2.67. The molecule has 3 amide bonds. The van der Waals surface area contributed by atoms with Crippen LogP contribution in [0.4, 0.5) is 4.79 Å². The number of nitrogens with one attached hydrogen (secondary N) is 1. The van der Waals surface area contributed by atoms with Gasteiger partial charge in [-0.25, -0.2) is 9.59 Å². The zero-order valence-corrected chi connectivity index (χ0v) is 13.3. The van der Waals surface area contributed by atoms with E-state index in [2.05, 4.69) is 5.32 Å². The summed E-state index contributed by atoms with van der Waals surface area (Å²) in [5.41, 5.74) is -0.703. The van der Waals surface area contributed by atoms with Gasteiger partial charge in [-0.2, -0.15) is 0 Å². The third kappa shape index (κ3) is 5.34. The highest BCUT2D eigenvalue weighted by Crippen LogP contribution is 2.14. The van der Waals surface area contributed by atoms with Crippen LogP contribution in [0.5, 0.6) is 0 Å². The minimum absolute atomic E-state index is 0.0179. The number of amides is 3. The van der Waals surface area contributed by atoms with E-state index < -0.39 is 35.5 Å². The van der Waals surface area contributed by atoms with E-state index in [1.165, 1.54) is 0 Å². The van der Waals surface area contributed by atoms with E-state index in [0.29, 0.717) is 17.9 Å². The molecule has 8 heteroatoms. The molecule has 1 saturated heterocycles. The molecule has 1 aliphatic rings. The van der Waals surface area contributed by atoms with E-state index in [-0.39, 0.29) is 12.8 Å². The van der Waals surface area contributed by atoms with Crippen molar-refractivity contribution in [2.75, 3.05) is 0 Å². The molecule has 0 aliphatic carbocycles. The Hall–Kier alpha value is -2.12. The van der Waals surface area contributed by atoms with E-state index in [1.807, 2.05) is 6.92 Å². The zero-order valence-electron chi connectivity index (χ0n) is 13.3. The SMILES string of the molecule is CCC[C@@H](NC(=O)OC(C)(C)C)C(=O)ON1C(=O)CCC1=O. The smallest absolute Gasteiger partial charge is 0.408 e. The van der Waals surface area contributed by atoms with Crippen molar-refractivity contribution in [2.24, 2.45) is 0 Å². The second-order valence-corrected chi connectivity index (χ2v) is 5.98. The topological polar surface area (TPSA) is 102 Å². The van der Waals surface area contributed by atoms with E-state index in [1.54, 1.807) is 20.8 Å². The minimum atomic E-state index is -0.985. The maximum Gasteiger partial charge on any atom is 0.408 e. The van der Waals surface area contributed by atoms with Gasteiger partial charge in [0.1, 0.15) is 11.6 Å². The van der Waals surface area contributed by atoms with Gasteiger partial charge in [-0.15, -0.1) is 5.06 Å². The van der Waals surface area contributed by atoms with E-state index in [4.69, 9.17) is 9.57 Å². The number of hydroxylamine groups is 2. The quantitative estimate of drug-likeness (QED) is 0.767. The first-order valence-corrected chi connectivity index (χ1v) is 7.21. The van der Waals surface area contributed by atoms with Crippen LogP contribution >= 0.6 is 0 Å². The van der Waals surface area contributed by atoms with E-state index in [0.717, 1.165) is 0 Å². The van der Waals surface area contributed by atoms with Crippen LogP contribution in [0.3, 0.4) is 0 Å². The van der Waals surface area contributed by atoms with Crippen LogP contribution in [0.15, 0.2) is 0 Å². The monoisotopic (exact) mass is 314 g/mol. The molecule has 0 saturated carbocycles. The normalized spacial score (nSPS) is 16.5. The van der Waals surface area contributed by atoms with Gasteiger partial charge in [-0.1, -0.05) is 13.3 Å². The van der Waals surface area contributed by atoms with Gasteiger partial charge in [0.25, 0.3) is 11.8 Å². The third-order valence-electron chi connectivity index (χ3n) is 2.74. The fourth-order valence-corrected chi connectivity index (χ4v) is 1.80. The van der Waals surface area contributed by atoms with Crippen LogP contribution in [0.25, 0.3) is 0 Å². The van der Waals surface area contributed by atoms with E-state index in [9.17, 15) is 19.2 Å². The van der Waals surface area contributed by atoms with Gasteiger partial charge in [0.2, 0.25) is 0 Å². The minimum Gasteiger partial charge on any atom is -0.444 e. The fraction of sp³-hybridized carbons (Fsp3) is 0.714. The van der Waals surface area contributed by atoms with Crippen molar-refractivity contribution in [1.82, 2.24) is 10.4 Å². The standard InChI is InChI=1S/C14H22N2O6/c1-5-6-9(15-13(20)21-14(2,3)4)12(19)22-16-10(17)7-8-11(16)18/h9H,5-8H2,1-4H3,(H,15,20)/t9-/m1/s1. The van der Waals surface area contributed by atoms with Crippen LogP contribution in [-0.4, -0.2) is 40.6 Å². The number of rotatable bonds is 5. The lowest BCUT2D eigenvalue weighted by Gasteiger charge is -2.23. The average molecular weight is 314 g/mol. The molecule has 0 aromatic carbocycles. The summed E-state index contributed by atoms with van der Waals surface area (Å²) in [6, 6.07) is -0.985. The van der Waals surface area contributed by atoms with Gasteiger partial charge in [-0.05, 0) is 27.2 Å². The zero-order chi connectivity index (χ0) is 16.9. The largest absolute Gasteiger partial charge is 0.444 e. The maximum atomic E-state index is 12.0. The summed E-state index contributed by atoms with van der Waals surface area (Å²) in [6.45, 7) is 6.91. The Kier molecular flexibility index (Phi) is 5.90. The highest BCUT2D eigenvalue weighted by atomic mass is 16.7. The number of hydrogen-bond acceptors (Lipinski definition) is 6. The molecule has 1 aliphatic heterocycles. The number of hydrogen-bond donors (Lipinski definition) is 1. The second kappa shape index (κ2) is 7.24. The molecular formula is C14H22N2O6. The van der Waals surface area contributed by atoms with Crippen LogP contribution in [-0.2, 0) is 24.0 Å². The number of nitrogens with zero attached hydrogens (tertiary/aromatic N) is 1. The summed E-state index contributed by atoms with van der Waals surface area (Å²) >= 11 is 0. The first kappa shape index (κ1) is 17.9. The summed E-state index contributed by atoms with van der Waals surface area (Å²) in [7, 11) is 0. The van der Waals surface area contributed by atoms with Crippen molar-refractivity contribution >= 4 is 23.9 Å². The molecule has 0 unspecified atom stereocenters. The lowest BCUT2D eigenvalue weighted by molar-refractivity contribution is -0.199. The Bertz CT molecular complexity index is 452. The summed E-state index contributed by atoms with van der Waals surface area (Å²) in [5, 5.41) is 2.85. The molecule has 1 atom stereocenters. The fourth-order valence-electron chi connectivity index (χ4n) is 1.80. The molecule has 8 nitrogen and oxygen atoms in total. The van der Waals surface area contributed by atoms with Gasteiger partial charge in [0.05, 0.1) is 0 Å². The van der Waals surface area contributed by atoms with Crippen molar-refractivity contribution in [3.63, 3.8) is 0 Å². The van der Waals surface area contributed by atoms with E-state index >= 15 is 0 Å². The molecule has 1 N–H and O–H groups in total.